The van der Waals surface area contributed by atoms with Gasteiger partial charge in [0.2, 0.25) is 5.82 Å². The van der Waals surface area contributed by atoms with Crippen LogP contribution in [0, 0.1) is 10.1 Å². The molecule has 0 unspecified atom stereocenters. The maximum absolute atomic E-state index is 13.2. The highest BCUT2D eigenvalue weighted by Gasteiger charge is 2.42. The third-order valence-corrected chi connectivity index (χ3v) is 3.42. The number of alkyl halides is 6. The fourth-order valence-corrected chi connectivity index (χ4v) is 2.21. The van der Waals surface area contributed by atoms with Crippen LogP contribution in [0.25, 0.3) is 11.0 Å². The van der Waals surface area contributed by atoms with Crippen LogP contribution in [0.1, 0.15) is 31.2 Å². The van der Waals surface area contributed by atoms with Crippen LogP contribution in [0.4, 0.5) is 36.8 Å². The molecular weight excluding hydrogens is 388 g/mol. The molecule has 27 heavy (non-hydrogen) atoms. The quantitative estimate of drug-likeness (QED) is 0.320. The van der Waals surface area contributed by atoms with Crippen molar-refractivity contribution in [2.24, 2.45) is 0 Å². The molecule has 0 amide bonds. The number of benzene rings is 1. The van der Waals surface area contributed by atoms with E-state index in [0.717, 1.165) is 0 Å². The molecular formula is C14H11F6N3O4. The highest BCUT2D eigenvalue weighted by molar-refractivity contribution is 5.93. The van der Waals surface area contributed by atoms with Crippen LogP contribution >= 0.6 is 0 Å². The number of unbranched alkanes of at least 4 members (excludes halogenated alkanes) is 1. The molecule has 0 spiro atoms. The number of fused-ring (bicyclic) bond motifs is 1. The van der Waals surface area contributed by atoms with Crippen molar-refractivity contribution in [1.82, 2.24) is 9.55 Å². The first kappa shape index (κ1) is 20.5. The lowest BCUT2D eigenvalue weighted by Crippen LogP contribution is -2.22. The number of nitrogens with zero attached hydrogens (tertiary/aromatic N) is 3. The van der Waals surface area contributed by atoms with E-state index in [9.17, 15) is 41.3 Å². The van der Waals surface area contributed by atoms with Gasteiger partial charge < -0.3 is 4.74 Å². The molecule has 13 heteroatoms. The molecule has 0 aliphatic rings. The maximum Gasteiger partial charge on any atom is 0.450 e. The van der Waals surface area contributed by atoms with Crippen molar-refractivity contribution in [3.8, 4) is 0 Å². The largest absolute Gasteiger partial charge is 0.450 e. The lowest BCUT2D eigenvalue weighted by atomic mass is 10.1. The lowest BCUT2D eigenvalue weighted by molar-refractivity contribution is -0.383. The summed E-state index contributed by atoms with van der Waals surface area (Å²) in [5, 5.41) is 11.0. The zero-order chi connectivity index (χ0) is 20.6. The van der Waals surface area contributed by atoms with E-state index >= 15 is 0 Å². The number of carbonyl (C=O) groups excluding carboxylic acids is 1. The Bertz CT molecular complexity index is 888. The minimum absolute atomic E-state index is 0.0578. The molecule has 0 radical (unpaired) electrons. The second-order valence-corrected chi connectivity index (χ2v) is 5.35. The summed E-state index contributed by atoms with van der Waals surface area (Å²) in [6.45, 7) is 1.42. The van der Waals surface area contributed by atoms with E-state index in [1.807, 2.05) is 0 Å². The summed E-state index contributed by atoms with van der Waals surface area (Å²) < 4.78 is 83.0. The number of rotatable bonds is 4. The Morgan fingerprint density at radius 2 is 1.85 bits per heavy atom. The summed E-state index contributed by atoms with van der Waals surface area (Å²) >= 11 is 0. The molecule has 0 saturated heterocycles. The van der Waals surface area contributed by atoms with Crippen LogP contribution in [0.2, 0.25) is 0 Å². The summed E-state index contributed by atoms with van der Waals surface area (Å²) in [6.07, 6.45) is -11.2. The number of nitro groups is 1. The minimum atomic E-state index is -5.27. The number of nitro benzene ring substituents is 1. The van der Waals surface area contributed by atoms with Crippen molar-refractivity contribution < 1.29 is 40.8 Å². The zero-order valence-corrected chi connectivity index (χ0v) is 13.5. The highest BCUT2D eigenvalue weighted by atomic mass is 19.4. The van der Waals surface area contributed by atoms with E-state index in [1.165, 1.54) is 0 Å². The van der Waals surface area contributed by atoms with Gasteiger partial charge in [-0.3, -0.25) is 10.1 Å². The van der Waals surface area contributed by atoms with Crippen LogP contribution in [0.15, 0.2) is 12.1 Å². The van der Waals surface area contributed by atoms with Gasteiger partial charge in [-0.2, -0.15) is 26.3 Å². The summed E-state index contributed by atoms with van der Waals surface area (Å²) in [6, 6.07) is 0.244. The molecule has 0 bridgehead atoms. The molecule has 1 aromatic heterocycles. The molecule has 0 saturated carbocycles. The van der Waals surface area contributed by atoms with E-state index < -0.39 is 51.5 Å². The number of hydrogen-bond acceptors (Lipinski definition) is 5. The Kier molecular flexibility index (Phi) is 5.33. The average Bonchev–Trinajstić information content (AvgIpc) is 2.92. The topological polar surface area (TPSA) is 87.3 Å². The van der Waals surface area contributed by atoms with Gasteiger partial charge >= 0.3 is 18.4 Å². The molecule has 1 heterocycles. The highest BCUT2D eigenvalue weighted by Crippen LogP contribution is 2.39. The van der Waals surface area contributed by atoms with Crippen LogP contribution in [-0.4, -0.2) is 27.2 Å². The van der Waals surface area contributed by atoms with Crippen molar-refractivity contribution >= 4 is 22.8 Å². The monoisotopic (exact) mass is 399 g/mol. The Balaban J connectivity index is 2.82. The van der Waals surface area contributed by atoms with E-state index in [2.05, 4.69) is 9.72 Å². The third kappa shape index (κ3) is 4.11. The third-order valence-electron chi connectivity index (χ3n) is 3.42. The second-order valence-electron chi connectivity index (χ2n) is 5.35. The van der Waals surface area contributed by atoms with E-state index in [0.29, 0.717) is 12.8 Å². The van der Waals surface area contributed by atoms with Gasteiger partial charge in [-0.25, -0.2) is 14.3 Å². The predicted molar refractivity (Wildman–Crippen MR) is 78.0 cm³/mol. The molecule has 1 aromatic carbocycles. The van der Waals surface area contributed by atoms with Gasteiger partial charge in [-0.05, 0) is 12.5 Å². The summed E-state index contributed by atoms with van der Waals surface area (Å²) in [7, 11) is 0. The Hall–Kier alpha value is -2.86. The van der Waals surface area contributed by atoms with Gasteiger partial charge in [-0.1, -0.05) is 13.3 Å². The predicted octanol–water partition coefficient (Wildman–Crippen LogP) is 4.77. The molecule has 0 aliphatic heterocycles. The van der Waals surface area contributed by atoms with Crippen molar-refractivity contribution in [2.45, 2.75) is 32.1 Å². The van der Waals surface area contributed by atoms with Crippen LogP contribution in [-0.2, 0) is 17.1 Å². The Morgan fingerprint density at radius 1 is 1.22 bits per heavy atom. The molecule has 0 N–H and O–H groups in total. The zero-order valence-electron chi connectivity index (χ0n) is 13.5. The van der Waals surface area contributed by atoms with E-state index in [4.69, 9.17) is 0 Å². The number of imidazole rings is 1. The first-order valence-corrected chi connectivity index (χ1v) is 7.40. The standard InChI is InChI=1S/C14H11F6N3O4/c1-2-3-4-27-12(24)22-8-5-7(13(15,16)17)6-9(23(25)26)10(8)21-11(22)14(18,19)20/h5-6H,2-4H2,1H3. The number of aromatic nitrogens is 2. The number of non-ortho nitro benzene ring substituents is 1. The smallest absolute Gasteiger partial charge is 0.449 e. The van der Waals surface area contributed by atoms with Gasteiger partial charge in [0.15, 0.2) is 5.52 Å². The van der Waals surface area contributed by atoms with Crippen molar-refractivity contribution in [3.05, 3.63) is 33.6 Å². The normalized spacial score (nSPS) is 12.4. The van der Waals surface area contributed by atoms with Crippen molar-refractivity contribution in [2.75, 3.05) is 6.61 Å². The summed E-state index contributed by atoms with van der Waals surface area (Å²) in [5.74, 6) is -1.92. The SMILES string of the molecule is CCCCOC(=O)n1c(C(F)(F)F)nc2c([N+](=O)[O-])cc(C(F)(F)F)cc21. The Labute approximate surface area is 146 Å². The van der Waals surface area contributed by atoms with Crippen LogP contribution < -0.4 is 0 Å². The number of hydrogen-bond donors (Lipinski definition) is 0. The maximum atomic E-state index is 13.2. The summed E-state index contributed by atoms with van der Waals surface area (Å²) in [4.78, 5) is 24.8. The van der Waals surface area contributed by atoms with Gasteiger partial charge in [0.05, 0.1) is 22.6 Å². The molecule has 0 atom stereocenters. The minimum Gasteiger partial charge on any atom is -0.449 e. The van der Waals surface area contributed by atoms with Gasteiger partial charge in [0, 0.05) is 6.07 Å². The molecule has 0 aliphatic carbocycles. The van der Waals surface area contributed by atoms with Crippen molar-refractivity contribution in [3.63, 3.8) is 0 Å². The Morgan fingerprint density at radius 3 is 2.33 bits per heavy atom. The van der Waals surface area contributed by atoms with Crippen molar-refractivity contribution in [1.29, 1.82) is 0 Å². The van der Waals surface area contributed by atoms with Gasteiger partial charge in [0.25, 0.3) is 5.69 Å². The molecule has 2 rings (SSSR count). The summed E-state index contributed by atoms with van der Waals surface area (Å²) in [5.41, 5.74) is -4.94. The van der Waals surface area contributed by atoms with Crippen LogP contribution in [0.5, 0.6) is 0 Å². The first-order valence-electron chi connectivity index (χ1n) is 7.40. The molecule has 7 nitrogen and oxygen atoms in total. The van der Waals surface area contributed by atoms with Gasteiger partial charge in [0.1, 0.15) is 0 Å². The van der Waals surface area contributed by atoms with Crippen LogP contribution in [0.3, 0.4) is 0 Å². The lowest BCUT2D eigenvalue weighted by Gasteiger charge is -2.11. The van der Waals surface area contributed by atoms with Gasteiger partial charge in [-0.15, -0.1) is 0 Å². The molecule has 148 valence electrons. The number of carbonyl (C=O) groups is 1. The fourth-order valence-electron chi connectivity index (χ4n) is 2.21. The number of halogens is 6. The average molecular weight is 399 g/mol. The van der Waals surface area contributed by atoms with E-state index in [1.54, 1.807) is 6.92 Å². The fraction of sp³-hybridized carbons (Fsp3) is 0.429. The first-order chi connectivity index (χ1) is 12.4. The number of ether oxygens (including phenoxy) is 1. The second kappa shape index (κ2) is 7.04. The molecule has 0 fully saturated rings. The van der Waals surface area contributed by atoms with E-state index in [-0.39, 0.29) is 23.3 Å². The molecule has 2 aromatic rings.